The first-order valence-corrected chi connectivity index (χ1v) is 8.60. The minimum atomic E-state index is -0.139. The van der Waals surface area contributed by atoms with Gasteiger partial charge in [-0.2, -0.15) is 0 Å². The molecule has 0 bridgehead atoms. The summed E-state index contributed by atoms with van der Waals surface area (Å²) >= 11 is 0. The third-order valence-electron chi connectivity index (χ3n) is 4.17. The summed E-state index contributed by atoms with van der Waals surface area (Å²) in [7, 11) is 2.16. The standard InChI is InChI=1S/C17H36N2O2/c1-15(2)18-17(3,14-20)9-5-6-10-19(4)11-12-21-13-16-7-8-16/h15-16,18,20H,5-14H2,1-4H3. The van der Waals surface area contributed by atoms with E-state index in [0.29, 0.717) is 6.04 Å². The second-order valence-electron chi connectivity index (χ2n) is 7.30. The van der Waals surface area contributed by atoms with Crippen molar-refractivity contribution >= 4 is 0 Å². The minimum absolute atomic E-state index is 0.139. The SMILES string of the molecule is CC(C)NC(C)(CO)CCCCN(C)CCOCC1CC1. The summed E-state index contributed by atoms with van der Waals surface area (Å²) in [6, 6.07) is 0.411. The van der Waals surface area contributed by atoms with Crippen molar-refractivity contribution in [2.24, 2.45) is 5.92 Å². The molecule has 1 saturated carbocycles. The molecule has 0 aliphatic heterocycles. The molecule has 0 aromatic carbocycles. The molecule has 1 fully saturated rings. The highest BCUT2D eigenvalue weighted by atomic mass is 16.5. The topological polar surface area (TPSA) is 44.7 Å². The number of ether oxygens (including phenoxy) is 1. The molecule has 1 aliphatic carbocycles. The quantitative estimate of drug-likeness (QED) is 0.512. The van der Waals surface area contributed by atoms with Crippen LogP contribution < -0.4 is 5.32 Å². The molecule has 0 heterocycles. The zero-order chi connectivity index (χ0) is 15.7. The van der Waals surface area contributed by atoms with Crippen LogP contribution in [0.15, 0.2) is 0 Å². The third kappa shape index (κ3) is 9.46. The molecule has 0 spiro atoms. The first kappa shape index (κ1) is 18.9. The highest BCUT2D eigenvalue weighted by Crippen LogP contribution is 2.28. The molecule has 0 aromatic heterocycles. The summed E-state index contributed by atoms with van der Waals surface area (Å²) in [6.07, 6.45) is 6.07. The van der Waals surface area contributed by atoms with Crippen LogP contribution in [0.1, 0.15) is 52.9 Å². The lowest BCUT2D eigenvalue weighted by atomic mass is 9.95. The van der Waals surface area contributed by atoms with Crippen molar-refractivity contribution < 1.29 is 9.84 Å². The summed E-state index contributed by atoms with van der Waals surface area (Å²) in [5, 5.41) is 13.0. The molecule has 0 saturated heterocycles. The van der Waals surface area contributed by atoms with E-state index in [4.69, 9.17) is 4.74 Å². The fraction of sp³-hybridized carbons (Fsp3) is 1.00. The first-order chi connectivity index (χ1) is 9.95. The van der Waals surface area contributed by atoms with Gasteiger partial charge in [0, 0.05) is 24.7 Å². The molecule has 0 radical (unpaired) electrons. The Labute approximate surface area is 131 Å². The van der Waals surface area contributed by atoms with Gasteiger partial charge in [0.25, 0.3) is 0 Å². The van der Waals surface area contributed by atoms with E-state index in [-0.39, 0.29) is 12.1 Å². The Bertz CT molecular complexity index is 270. The third-order valence-corrected chi connectivity index (χ3v) is 4.17. The van der Waals surface area contributed by atoms with Crippen molar-refractivity contribution in [3.63, 3.8) is 0 Å². The summed E-state index contributed by atoms with van der Waals surface area (Å²) < 4.78 is 5.67. The Morgan fingerprint density at radius 1 is 1.29 bits per heavy atom. The molecular formula is C17H36N2O2. The molecule has 2 N–H and O–H groups in total. The Hall–Kier alpha value is -0.160. The molecule has 1 atom stereocenters. The fourth-order valence-corrected chi connectivity index (χ4v) is 2.66. The zero-order valence-corrected chi connectivity index (χ0v) is 14.5. The van der Waals surface area contributed by atoms with Crippen LogP contribution in [0, 0.1) is 5.92 Å². The van der Waals surface area contributed by atoms with Crippen LogP contribution in [0.3, 0.4) is 0 Å². The lowest BCUT2D eigenvalue weighted by Gasteiger charge is -2.31. The van der Waals surface area contributed by atoms with Gasteiger partial charge in [-0.25, -0.2) is 0 Å². The molecule has 4 heteroatoms. The van der Waals surface area contributed by atoms with Gasteiger partial charge in [-0.05, 0) is 52.1 Å². The summed E-state index contributed by atoms with van der Waals surface area (Å²) in [5.74, 6) is 0.861. The van der Waals surface area contributed by atoms with E-state index in [1.807, 2.05) is 0 Å². The molecule has 0 aromatic rings. The molecule has 21 heavy (non-hydrogen) atoms. The van der Waals surface area contributed by atoms with Gasteiger partial charge in [0.2, 0.25) is 0 Å². The van der Waals surface area contributed by atoms with Crippen LogP contribution in [0.2, 0.25) is 0 Å². The van der Waals surface area contributed by atoms with Gasteiger partial charge in [-0.3, -0.25) is 0 Å². The van der Waals surface area contributed by atoms with Gasteiger partial charge in [0.1, 0.15) is 0 Å². The van der Waals surface area contributed by atoms with E-state index in [1.165, 1.54) is 19.3 Å². The van der Waals surface area contributed by atoms with E-state index in [9.17, 15) is 5.11 Å². The summed E-state index contributed by atoms with van der Waals surface area (Å²) in [5.41, 5.74) is -0.139. The van der Waals surface area contributed by atoms with Gasteiger partial charge in [0.05, 0.1) is 13.2 Å². The van der Waals surface area contributed by atoms with Crippen molar-refractivity contribution in [1.29, 1.82) is 0 Å². The van der Waals surface area contributed by atoms with Crippen molar-refractivity contribution in [2.45, 2.75) is 64.5 Å². The van der Waals surface area contributed by atoms with Crippen molar-refractivity contribution in [2.75, 3.05) is 40.0 Å². The average Bonchev–Trinajstić information content (AvgIpc) is 3.23. The number of hydrogen-bond acceptors (Lipinski definition) is 4. The Morgan fingerprint density at radius 2 is 2.00 bits per heavy atom. The maximum absolute atomic E-state index is 9.55. The van der Waals surface area contributed by atoms with Crippen LogP contribution in [0.4, 0.5) is 0 Å². The van der Waals surface area contributed by atoms with Crippen LogP contribution in [0.25, 0.3) is 0 Å². The average molecular weight is 300 g/mol. The monoisotopic (exact) mass is 300 g/mol. The van der Waals surface area contributed by atoms with Crippen LogP contribution >= 0.6 is 0 Å². The molecule has 1 rings (SSSR count). The number of nitrogens with one attached hydrogen (secondary N) is 1. The number of unbranched alkanes of at least 4 members (excludes halogenated alkanes) is 1. The molecule has 126 valence electrons. The van der Waals surface area contributed by atoms with E-state index in [2.05, 4.69) is 38.0 Å². The summed E-state index contributed by atoms with van der Waals surface area (Å²) in [4.78, 5) is 2.35. The molecular weight excluding hydrogens is 264 g/mol. The largest absolute Gasteiger partial charge is 0.394 e. The van der Waals surface area contributed by atoms with E-state index in [1.54, 1.807) is 0 Å². The number of aliphatic hydroxyl groups is 1. The minimum Gasteiger partial charge on any atom is -0.394 e. The molecule has 4 nitrogen and oxygen atoms in total. The predicted molar refractivity (Wildman–Crippen MR) is 88.7 cm³/mol. The number of rotatable bonds is 13. The molecule has 1 unspecified atom stereocenters. The number of hydrogen-bond donors (Lipinski definition) is 2. The van der Waals surface area contributed by atoms with E-state index >= 15 is 0 Å². The maximum atomic E-state index is 9.55. The Morgan fingerprint density at radius 3 is 2.57 bits per heavy atom. The van der Waals surface area contributed by atoms with Gasteiger partial charge in [0.15, 0.2) is 0 Å². The lowest BCUT2D eigenvalue weighted by molar-refractivity contribution is 0.102. The summed E-state index contributed by atoms with van der Waals surface area (Å²) in [6.45, 7) is 10.5. The molecule has 1 aliphatic rings. The van der Waals surface area contributed by atoms with E-state index < -0.39 is 0 Å². The van der Waals surface area contributed by atoms with Crippen molar-refractivity contribution in [1.82, 2.24) is 10.2 Å². The zero-order valence-electron chi connectivity index (χ0n) is 14.5. The second kappa shape index (κ2) is 9.78. The molecule has 0 amide bonds. The smallest absolute Gasteiger partial charge is 0.0610 e. The van der Waals surface area contributed by atoms with E-state index in [0.717, 1.165) is 45.1 Å². The normalized spacial score (nSPS) is 18.4. The number of aliphatic hydroxyl groups excluding tert-OH is 1. The van der Waals surface area contributed by atoms with Crippen LogP contribution in [-0.2, 0) is 4.74 Å². The number of likely N-dealkylation sites (N-methyl/N-ethyl adjacent to an activating group) is 1. The second-order valence-corrected chi connectivity index (χ2v) is 7.30. The van der Waals surface area contributed by atoms with Crippen molar-refractivity contribution in [3.05, 3.63) is 0 Å². The van der Waals surface area contributed by atoms with Gasteiger partial charge in [-0.1, -0.05) is 20.3 Å². The Balaban J connectivity index is 2.00. The lowest BCUT2D eigenvalue weighted by Crippen LogP contribution is -2.49. The maximum Gasteiger partial charge on any atom is 0.0610 e. The Kier molecular flexibility index (Phi) is 8.79. The van der Waals surface area contributed by atoms with Crippen LogP contribution in [0.5, 0.6) is 0 Å². The fourth-order valence-electron chi connectivity index (χ4n) is 2.66. The van der Waals surface area contributed by atoms with Gasteiger partial charge in [-0.15, -0.1) is 0 Å². The van der Waals surface area contributed by atoms with Gasteiger partial charge < -0.3 is 20.1 Å². The first-order valence-electron chi connectivity index (χ1n) is 8.60. The predicted octanol–water partition coefficient (Wildman–Crippen LogP) is 2.26. The number of nitrogens with zero attached hydrogens (tertiary/aromatic N) is 1. The van der Waals surface area contributed by atoms with Crippen molar-refractivity contribution in [3.8, 4) is 0 Å². The van der Waals surface area contributed by atoms with Gasteiger partial charge >= 0.3 is 0 Å². The van der Waals surface area contributed by atoms with Crippen LogP contribution in [-0.4, -0.2) is 61.5 Å². The highest BCUT2D eigenvalue weighted by molar-refractivity contribution is 4.83. The highest BCUT2D eigenvalue weighted by Gasteiger charge is 2.23.